The monoisotopic (exact) mass is 316 g/mol. The minimum Gasteiger partial charge on any atom is -0.366 e. The average molecular weight is 317 g/mol. The molecule has 1 aliphatic heterocycles. The largest absolute Gasteiger partial charge is 0.366 e. The molecule has 19 heavy (non-hydrogen) atoms. The number of nitrogens with zero attached hydrogens (tertiary/aromatic N) is 2. The minimum absolute atomic E-state index is 0.194. The van der Waals surface area contributed by atoms with Crippen LogP contribution in [0.2, 0.25) is 0 Å². The Kier molecular flexibility index (Phi) is 2.90. The number of likely N-dealkylation sites (N-methyl/N-ethyl adjacent to an activating group) is 1. The van der Waals surface area contributed by atoms with E-state index in [-0.39, 0.29) is 5.78 Å². The standard InChI is InChI=1S/C15H13BrN2O/c1-9-12(10-5-11(16)7-17-6-10)3-4-13-15(9)14(19)8-18(13)2/h3-7H,8H2,1-2H3. The number of Topliss-reactive ketones (excluding diaryl/α,β-unsaturated/α-hetero) is 1. The number of hydrogen-bond donors (Lipinski definition) is 0. The zero-order valence-corrected chi connectivity index (χ0v) is 12.4. The van der Waals surface area contributed by atoms with Crippen molar-refractivity contribution in [2.45, 2.75) is 6.92 Å². The Balaban J connectivity index is 2.21. The number of carbonyl (C=O) groups is 1. The number of fused-ring (bicyclic) bond motifs is 1. The second-order valence-electron chi connectivity index (χ2n) is 4.80. The summed E-state index contributed by atoms with van der Waals surface area (Å²) in [5, 5.41) is 0. The topological polar surface area (TPSA) is 33.2 Å². The second kappa shape index (κ2) is 4.46. The lowest BCUT2D eigenvalue weighted by Gasteiger charge is -2.13. The van der Waals surface area contributed by atoms with Gasteiger partial charge in [-0.15, -0.1) is 0 Å². The third-order valence-corrected chi connectivity index (χ3v) is 3.96. The number of halogens is 1. The van der Waals surface area contributed by atoms with Gasteiger partial charge in [0.15, 0.2) is 5.78 Å². The molecule has 0 unspecified atom stereocenters. The molecule has 0 N–H and O–H groups in total. The fraction of sp³-hybridized carbons (Fsp3) is 0.200. The molecule has 2 heterocycles. The third-order valence-electron chi connectivity index (χ3n) is 3.53. The van der Waals surface area contributed by atoms with Gasteiger partial charge >= 0.3 is 0 Å². The molecule has 0 fully saturated rings. The van der Waals surface area contributed by atoms with Crippen LogP contribution >= 0.6 is 15.9 Å². The Labute approximate surface area is 120 Å². The highest BCUT2D eigenvalue weighted by Crippen LogP contribution is 2.35. The molecule has 1 aromatic heterocycles. The van der Waals surface area contributed by atoms with Crippen molar-refractivity contribution in [3.05, 3.63) is 46.2 Å². The molecule has 96 valence electrons. The summed E-state index contributed by atoms with van der Waals surface area (Å²) < 4.78 is 0.938. The number of hydrogen-bond acceptors (Lipinski definition) is 3. The van der Waals surface area contributed by atoms with Gasteiger partial charge in [0, 0.05) is 40.7 Å². The van der Waals surface area contributed by atoms with Gasteiger partial charge in [-0.2, -0.15) is 0 Å². The van der Waals surface area contributed by atoms with E-state index in [1.807, 2.05) is 37.2 Å². The normalized spacial score (nSPS) is 13.8. The van der Waals surface area contributed by atoms with E-state index in [2.05, 4.69) is 27.0 Å². The Hall–Kier alpha value is -1.68. The molecule has 0 saturated heterocycles. The first-order valence-corrected chi connectivity index (χ1v) is 6.86. The van der Waals surface area contributed by atoms with E-state index in [0.29, 0.717) is 6.54 Å². The quantitative estimate of drug-likeness (QED) is 0.808. The van der Waals surface area contributed by atoms with Crippen LogP contribution in [0, 0.1) is 6.92 Å². The molecular formula is C15H13BrN2O. The van der Waals surface area contributed by atoms with E-state index in [9.17, 15) is 4.79 Å². The van der Waals surface area contributed by atoms with Gasteiger partial charge in [0.2, 0.25) is 0 Å². The van der Waals surface area contributed by atoms with Crippen LogP contribution in [0.25, 0.3) is 11.1 Å². The molecule has 0 amide bonds. The van der Waals surface area contributed by atoms with Crippen molar-refractivity contribution in [3.63, 3.8) is 0 Å². The summed E-state index contributed by atoms with van der Waals surface area (Å²) in [6.45, 7) is 2.47. The van der Waals surface area contributed by atoms with Gasteiger partial charge in [0.05, 0.1) is 6.54 Å². The Morgan fingerprint density at radius 3 is 2.84 bits per heavy atom. The van der Waals surface area contributed by atoms with Crippen LogP contribution in [-0.4, -0.2) is 24.4 Å². The van der Waals surface area contributed by atoms with Crippen molar-refractivity contribution in [2.24, 2.45) is 0 Å². The zero-order chi connectivity index (χ0) is 13.6. The molecule has 4 heteroatoms. The molecule has 0 saturated carbocycles. The van der Waals surface area contributed by atoms with Gasteiger partial charge in [-0.25, -0.2) is 0 Å². The predicted octanol–water partition coefficient (Wildman–Crippen LogP) is 3.45. The Morgan fingerprint density at radius 2 is 2.11 bits per heavy atom. The lowest BCUT2D eigenvalue weighted by molar-refractivity contribution is 0.101. The van der Waals surface area contributed by atoms with Gasteiger partial charge < -0.3 is 4.90 Å². The maximum absolute atomic E-state index is 12.1. The predicted molar refractivity (Wildman–Crippen MR) is 79.7 cm³/mol. The van der Waals surface area contributed by atoms with Gasteiger partial charge in [-0.3, -0.25) is 9.78 Å². The molecule has 3 rings (SSSR count). The molecule has 1 aliphatic rings. The summed E-state index contributed by atoms with van der Waals surface area (Å²) in [5.41, 5.74) is 4.99. The molecule has 3 nitrogen and oxygen atoms in total. The van der Waals surface area contributed by atoms with Crippen LogP contribution in [0.15, 0.2) is 35.1 Å². The van der Waals surface area contributed by atoms with Gasteiger partial charge in [-0.05, 0) is 46.1 Å². The van der Waals surface area contributed by atoms with Crippen LogP contribution in [0.4, 0.5) is 5.69 Å². The first kappa shape index (κ1) is 12.4. The minimum atomic E-state index is 0.194. The lowest BCUT2D eigenvalue weighted by atomic mass is 9.95. The van der Waals surface area contributed by atoms with E-state index in [0.717, 1.165) is 32.4 Å². The smallest absolute Gasteiger partial charge is 0.184 e. The number of rotatable bonds is 1. The molecule has 1 aromatic carbocycles. The maximum Gasteiger partial charge on any atom is 0.184 e. The van der Waals surface area contributed by atoms with E-state index >= 15 is 0 Å². The number of ketones is 1. The third kappa shape index (κ3) is 1.96. The van der Waals surface area contributed by atoms with Gasteiger partial charge in [0.1, 0.15) is 0 Å². The fourth-order valence-corrected chi connectivity index (χ4v) is 2.98. The molecule has 0 spiro atoms. The summed E-state index contributed by atoms with van der Waals surface area (Å²) in [6.07, 6.45) is 3.58. The van der Waals surface area contributed by atoms with Crippen LogP contribution < -0.4 is 4.90 Å². The zero-order valence-electron chi connectivity index (χ0n) is 10.8. The molecular weight excluding hydrogens is 304 g/mol. The number of benzene rings is 1. The van der Waals surface area contributed by atoms with Crippen LogP contribution in [0.1, 0.15) is 15.9 Å². The van der Waals surface area contributed by atoms with Crippen molar-refractivity contribution in [2.75, 3.05) is 18.5 Å². The summed E-state index contributed by atoms with van der Waals surface area (Å²) in [7, 11) is 1.95. The number of aromatic nitrogens is 1. The molecule has 0 atom stereocenters. The molecule has 0 radical (unpaired) electrons. The van der Waals surface area contributed by atoms with E-state index in [1.54, 1.807) is 6.20 Å². The molecule has 0 aliphatic carbocycles. The van der Waals surface area contributed by atoms with Crippen molar-refractivity contribution in [3.8, 4) is 11.1 Å². The van der Waals surface area contributed by atoms with Crippen molar-refractivity contribution in [1.82, 2.24) is 4.98 Å². The van der Waals surface area contributed by atoms with Gasteiger partial charge in [-0.1, -0.05) is 6.07 Å². The average Bonchev–Trinajstić information content (AvgIpc) is 2.66. The van der Waals surface area contributed by atoms with E-state index in [1.165, 1.54) is 0 Å². The second-order valence-corrected chi connectivity index (χ2v) is 5.72. The summed E-state index contributed by atoms with van der Waals surface area (Å²) in [6, 6.07) is 6.10. The van der Waals surface area contributed by atoms with E-state index in [4.69, 9.17) is 0 Å². The summed E-state index contributed by atoms with van der Waals surface area (Å²) in [5.74, 6) is 0.194. The van der Waals surface area contributed by atoms with Crippen LogP contribution in [0.5, 0.6) is 0 Å². The van der Waals surface area contributed by atoms with Crippen LogP contribution in [0.3, 0.4) is 0 Å². The highest BCUT2D eigenvalue weighted by Gasteiger charge is 2.27. The van der Waals surface area contributed by atoms with Crippen LogP contribution in [-0.2, 0) is 0 Å². The number of carbonyl (C=O) groups excluding carboxylic acids is 1. The molecule has 0 bridgehead atoms. The summed E-state index contributed by atoms with van der Waals surface area (Å²) in [4.78, 5) is 18.3. The number of anilines is 1. The van der Waals surface area contributed by atoms with Crippen molar-refractivity contribution >= 4 is 27.4 Å². The first-order valence-electron chi connectivity index (χ1n) is 6.07. The Morgan fingerprint density at radius 1 is 1.32 bits per heavy atom. The van der Waals surface area contributed by atoms with E-state index < -0.39 is 0 Å². The molecule has 2 aromatic rings. The highest BCUT2D eigenvalue weighted by molar-refractivity contribution is 9.10. The first-order chi connectivity index (χ1) is 9.08. The number of pyridine rings is 1. The van der Waals surface area contributed by atoms with Crippen molar-refractivity contribution in [1.29, 1.82) is 0 Å². The fourth-order valence-electron chi connectivity index (χ4n) is 2.62. The lowest BCUT2D eigenvalue weighted by Crippen LogP contribution is -2.15. The van der Waals surface area contributed by atoms with Gasteiger partial charge in [0.25, 0.3) is 0 Å². The Bertz CT molecular complexity index is 682. The highest BCUT2D eigenvalue weighted by atomic mass is 79.9. The SMILES string of the molecule is Cc1c(-c2cncc(Br)c2)ccc2c1C(=O)CN2C. The summed E-state index contributed by atoms with van der Waals surface area (Å²) >= 11 is 3.43. The van der Waals surface area contributed by atoms with Crippen molar-refractivity contribution < 1.29 is 4.79 Å². The maximum atomic E-state index is 12.1.